The Morgan fingerprint density at radius 2 is 1.73 bits per heavy atom. The predicted molar refractivity (Wildman–Crippen MR) is 89.3 cm³/mol. The fraction of sp³-hybridized carbons (Fsp3) is 0.412. The summed E-state index contributed by atoms with van der Waals surface area (Å²) in [5.41, 5.74) is -8.65. The lowest BCUT2D eigenvalue weighted by atomic mass is 9.89. The maximum absolute atomic E-state index is 14.1. The summed E-state index contributed by atoms with van der Waals surface area (Å²) >= 11 is 0. The monoisotopic (exact) mass is 433 g/mol. The van der Waals surface area contributed by atoms with E-state index in [-0.39, 0.29) is 11.6 Å². The van der Waals surface area contributed by atoms with E-state index in [1.807, 2.05) is 0 Å². The molecule has 13 heteroatoms. The fourth-order valence-electron chi connectivity index (χ4n) is 3.30. The molecule has 0 spiro atoms. The molecule has 0 aliphatic heterocycles. The van der Waals surface area contributed by atoms with Crippen LogP contribution in [0, 0.1) is 0 Å². The Kier molecular flexibility index (Phi) is 4.24. The van der Waals surface area contributed by atoms with Crippen molar-refractivity contribution in [2.75, 3.05) is 0 Å². The van der Waals surface area contributed by atoms with E-state index in [4.69, 9.17) is 0 Å². The first kappa shape index (κ1) is 20.3. The van der Waals surface area contributed by atoms with E-state index in [0.29, 0.717) is 23.0 Å². The molecule has 1 aliphatic rings. The Morgan fingerprint density at radius 3 is 2.23 bits per heavy atom. The zero-order valence-corrected chi connectivity index (χ0v) is 15.2. The van der Waals surface area contributed by atoms with Gasteiger partial charge < -0.3 is 5.11 Å². The molecule has 1 fully saturated rings. The number of aromatic nitrogens is 5. The van der Waals surface area contributed by atoms with Gasteiger partial charge in [0, 0.05) is 24.8 Å². The van der Waals surface area contributed by atoms with E-state index in [9.17, 15) is 36.2 Å². The van der Waals surface area contributed by atoms with Crippen molar-refractivity contribution >= 4 is 11.0 Å². The van der Waals surface area contributed by atoms with Crippen LogP contribution in [0.4, 0.5) is 26.3 Å². The van der Waals surface area contributed by atoms with Crippen LogP contribution in [-0.2, 0) is 18.8 Å². The number of nitrogens with zero attached hydrogens (tertiary/aromatic N) is 5. The van der Waals surface area contributed by atoms with Gasteiger partial charge in [0.05, 0.1) is 6.33 Å². The van der Waals surface area contributed by atoms with Crippen LogP contribution in [0.3, 0.4) is 0 Å². The first-order valence-corrected chi connectivity index (χ1v) is 8.63. The molecule has 3 aromatic heterocycles. The minimum absolute atomic E-state index is 0.111. The summed E-state index contributed by atoms with van der Waals surface area (Å²) in [4.78, 5) is 19.5. The third-order valence-corrected chi connectivity index (χ3v) is 4.94. The summed E-state index contributed by atoms with van der Waals surface area (Å²) in [5.74, 6) is 0. The van der Waals surface area contributed by atoms with Crippen LogP contribution in [0.15, 0.2) is 29.5 Å². The van der Waals surface area contributed by atoms with Gasteiger partial charge in [-0.15, -0.1) is 0 Å². The highest BCUT2D eigenvalue weighted by Gasteiger charge is 2.59. The highest BCUT2D eigenvalue weighted by molar-refractivity contribution is 5.78. The average Bonchev–Trinajstić information content (AvgIpc) is 3.42. The molecular formula is C17H13F6N5O2. The van der Waals surface area contributed by atoms with Gasteiger partial charge in [-0.3, -0.25) is 19.0 Å². The lowest BCUT2D eigenvalue weighted by Crippen LogP contribution is -2.45. The van der Waals surface area contributed by atoms with Gasteiger partial charge in [0.25, 0.3) is 5.56 Å². The molecule has 160 valence electrons. The topological polar surface area (TPSA) is 85.8 Å². The Bertz CT molecular complexity index is 1180. The summed E-state index contributed by atoms with van der Waals surface area (Å²) in [5, 5.41) is 14.6. The van der Waals surface area contributed by atoms with Crippen LogP contribution in [0.1, 0.15) is 35.8 Å². The van der Waals surface area contributed by atoms with Crippen LogP contribution < -0.4 is 5.56 Å². The zero-order valence-electron chi connectivity index (χ0n) is 15.2. The maximum Gasteiger partial charge on any atom is 0.433 e. The number of rotatable bonds is 3. The van der Waals surface area contributed by atoms with Crippen molar-refractivity contribution in [3.63, 3.8) is 0 Å². The molecule has 3 heterocycles. The quantitative estimate of drug-likeness (QED) is 0.642. The van der Waals surface area contributed by atoms with Crippen molar-refractivity contribution in [2.45, 2.75) is 36.8 Å². The Balaban J connectivity index is 1.96. The van der Waals surface area contributed by atoms with Crippen molar-refractivity contribution in [3.05, 3.63) is 52.0 Å². The Labute approximate surface area is 163 Å². The minimum atomic E-state index is -5.39. The molecule has 0 amide bonds. The van der Waals surface area contributed by atoms with E-state index in [1.54, 1.807) is 0 Å². The molecule has 1 atom stereocenters. The predicted octanol–water partition coefficient (Wildman–Crippen LogP) is 2.68. The van der Waals surface area contributed by atoms with Crippen molar-refractivity contribution in [2.24, 2.45) is 7.05 Å². The summed E-state index contributed by atoms with van der Waals surface area (Å²) in [6, 6.07) is 0.701. The largest absolute Gasteiger partial charge is 0.433 e. The summed E-state index contributed by atoms with van der Waals surface area (Å²) in [6.07, 6.45) is -7.45. The molecule has 0 saturated heterocycles. The molecule has 3 aromatic rings. The molecule has 0 bridgehead atoms. The summed E-state index contributed by atoms with van der Waals surface area (Å²) in [6.45, 7) is 0. The van der Waals surface area contributed by atoms with Crippen molar-refractivity contribution in [1.29, 1.82) is 0 Å². The third-order valence-electron chi connectivity index (χ3n) is 4.94. The van der Waals surface area contributed by atoms with E-state index in [1.165, 1.54) is 4.57 Å². The standard InChI is InChI=1S/C17H13F6N5O2/c1-27-13(11-12(26-27)14(29)28(7-25-11)9-3-4-9)15(30,17(21,22)23)8-2-5-10(24-6-8)16(18,19)20/h2,5-7,9,30H,3-4H2,1H3. The van der Waals surface area contributed by atoms with Gasteiger partial charge >= 0.3 is 12.4 Å². The summed E-state index contributed by atoms with van der Waals surface area (Å²) < 4.78 is 82.3. The Hall–Kier alpha value is -2.96. The Morgan fingerprint density at radius 1 is 1.07 bits per heavy atom. The van der Waals surface area contributed by atoms with E-state index < -0.39 is 46.0 Å². The molecule has 30 heavy (non-hydrogen) atoms. The number of halogens is 6. The van der Waals surface area contributed by atoms with Crippen molar-refractivity contribution in [3.8, 4) is 0 Å². The fourth-order valence-corrected chi connectivity index (χ4v) is 3.30. The van der Waals surface area contributed by atoms with Gasteiger partial charge in [0.2, 0.25) is 5.60 Å². The van der Waals surface area contributed by atoms with Crippen LogP contribution in [0.25, 0.3) is 11.0 Å². The number of aliphatic hydroxyl groups is 1. The normalized spacial score (nSPS) is 17.3. The number of alkyl halides is 6. The first-order chi connectivity index (χ1) is 13.9. The lowest BCUT2D eigenvalue weighted by Gasteiger charge is -2.31. The number of hydrogen-bond acceptors (Lipinski definition) is 5. The number of hydrogen-bond donors (Lipinski definition) is 1. The third kappa shape index (κ3) is 2.95. The molecule has 1 saturated carbocycles. The minimum Gasteiger partial charge on any atom is -0.371 e. The van der Waals surface area contributed by atoms with E-state index in [2.05, 4.69) is 15.1 Å². The molecule has 4 rings (SSSR count). The summed E-state index contributed by atoms with van der Waals surface area (Å²) in [7, 11) is 1.08. The maximum atomic E-state index is 14.1. The highest BCUT2D eigenvalue weighted by atomic mass is 19.4. The number of pyridine rings is 1. The van der Waals surface area contributed by atoms with Gasteiger partial charge in [-0.05, 0) is 18.9 Å². The first-order valence-electron chi connectivity index (χ1n) is 8.63. The number of fused-ring (bicyclic) bond motifs is 1. The smallest absolute Gasteiger partial charge is 0.371 e. The second-order valence-corrected chi connectivity index (χ2v) is 7.00. The van der Waals surface area contributed by atoms with Crippen LogP contribution in [0.5, 0.6) is 0 Å². The highest BCUT2D eigenvalue weighted by Crippen LogP contribution is 2.46. The molecule has 1 N–H and O–H groups in total. The SMILES string of the molecule is Cn1nc2c(=O)n(C3CC3)cnc2c1C(O)(c1ccc(C(F)(F)F)nc1)C(F)(F)F. The average molecular weight is 433 g/mol. The second kappa shape index (κ2) is 6.27. The van der Waals surface area contributed by atoms with E-state index >= 15 is 0 Å². The zero-order chi connectivity index (χ0) is 22.1. The molecule has 1 aliphatic carbocycles. The van der Waals surface area contributed by atoms with Crippen molar-refractivity contribution in [1.82, 2.24) is 24.3 Å². The second-order valence-electron chi connectivity index (χ2n) is 7.00. The van der Waals surface area contributed by atoms with Gasteiger partial charge in [-0.2, -0.15) is 31.4 Å². The van der Waals surface area contributed by atoms with Crippen molar-refractivity contribution < 1.29 is 31.4 Å². The van der Waals surface area contributed by atoms with E-state index in [0.717, 1.165) is 26.2 Å². The van der Waals surface area contributed by atoms with Crippen LogP contribution in [-0.4, -0.2) is 35.6 Å². The van der Waals surface area contributed by atoms with Gasteiger partial charge in [-0.1, -0.05) is 6.07 Å². The van der Waals surface area contributed by atoms with Crippen LogP contribution >= 0.6 is 0 Å². The molecule has 1 unspecified atom stereocenters. The molecule has 0 radical (unpaired) electrons. The molecule has 7 nitrogen and oxygen atoms in total. The van der Waals surface area contributed by atoms with Gasteiger partial charge in [0.15, 0.2) is 5.52 Å². The van der Waals surface area contributed by atoms with Crippen LogP contribution in [0.2, 0.25) is 0 Å². The number of aryl methyl sites for hydroxylation is 1. The molecule has 0 aromatic carbocycles. The lowest BCUT2D eigenvalue weighted by molar-refractivity contribution is -0.250. The molecular weight excluding hydrogens is 420 g/mol. The van der Waals surface area contributed by atoms with Gasteiger partial charge in [0.1, 0.15) is 16.9 Å². The van der Waals surface area contributed by atoms with Gasteiger partial charge in [-0.25, -0.2) is 4.98 Å².